The van der Waals surface area contributed by atoms with Crippen LogP contribution in [-0.2, 0) is 6.54 Å². The first-order valence-corrected chi connectivity index (χ1v) is 6.37. The fraction of sp³-hybridized carbons (Fsp3) is 0.571. The smallest absolute Gasteiger partial charge is 0.123 e. The number of benzene rings is 1. The molecule has 0 saturated carbocycles. The minimum absolute atomic E-state index is 0.110. The van der Waals surface area contributed by atoms with Crippen molar-refractivity contribution >= 4 is 0 Å². The van der Waals surface area contributed by atoms with Crippen LogP contribution in [-0.4, -0.2) is 31.1 Å². The first kappa shape index (κ1) is 12.5. The van der Waals surface area contributed by atoms with Gasteiger partial charge in [-0.15, -0.1) is 0 Å². The molecule has 1 fully saturated rings. The molecule has 17 heavy (non-hydrogen) atoms. The molecule has 1 aromatic rings. The maximum absolute atomic E-state index is 13.5. The third-order valence-electron chi connectivity index (χ3n) is 3.26. The zero-order valence-corrected chi connectivity index (χ0v) is 10.7. The molecule has 0 unspecified atom stereocenters. The summed E-state index contributed by atoms with van der Waals surface area (Å²) in [6.07, 6.45) is 0. The maximum Gasteiger partial charge on any atom is 0.123 e. The van der Waals surface area contributed by atoms with Gasteiger partial charge in [-0.25, -0.2) is 4.39 Å². The normalized spacial score (nSPS) is 17.6. The van der Waals surface area contributed by atoms with Crippen LogP contribution < -0.4 is 5.32 Å². The summed E-state index contributed by atoms with van der Waals surface area (Å²) in [6, 6.07) is 5.44. The van der Waals surface area contributed by atoms with Crippen LogP contribution in [0.3, 0.4) is 0 Å². The molecular weight excluding hydrogens is 215 g/mol. The van der Waals surface area contributed by atoms with Crippen LogP contribution >= 0.6 is 0 Å². The Balaban J connectivity index is 2.09. The van der Waals surface area contributed by atoms with Crippen LogP contribution in [0.25, 0.3) is 0 Å². The Hall–Kier alpha value is -0.930. The molecular formula is C14H21FN2. The van der Waals surface area contributed by atoms with Crippen molar-refractivity contribution in [2.24, 2.45) is 0 Å². The predicted octanol–water partition coefficient (Wildman–Crippen LogP) is 2.35. The molecule has 0 atom stereocenters. The van der Waals surface area contributed by atoms with E-state index in [1.54, 1.807) is 12.1 Å². The quantitative estimate of drug-likeness (QED) is 0.866. The summed E-state index contributed by atoms with van der Waals surface area (Å²) in [4.78, 5) is 2.37. The molecule has 0 bridgehead atoms. The summed E-state index contributed by atoms with van der Waals surface area (Å²) >= 11 is 0. The Morgan fingerprint density at radius 2 is 1.94 bits per heavy atom. The molecule has 2 rings (SSSR count). The summed E-state index contributed by atoms with van der Waals surface area (Å²) in [5.41, 5.74) is 2.19. The minimum atomic E-state index is -0.110. The van der Waals surface area contributed by atoms with Crippen molar-refractivity contribution in [3.8, 4) is 0 Å². The van der Waals surface area contributed by atoms with Crippen molar-refractivity contribution in [3.05, 3.63) is 35.1 Å². The maximum atomic E-state index is 13.5. The number of hydrogen-bond acceptors (Lipinski definition) is 2. The van der Waals surface area contributed by atoms with Crippen LogP contribution in [0, 0.1) is 5.82 Å². The van der Waals surface area contributed by atoms with E-state index in [0.29, 0.717) is 5.92 Å². The molecule has 1 N–H and O–H groups in total. The van der Waals surface area contributed by atoms with Gasteiger partial charge < -0.3 is 5.32 Å². The van der Waals surface area contributed by atoms with E-state index in [-0.39, 0.29) is 5.82 Å². The molecule has 0 aliphatic carbocycles. The van der Waals surface area contributed by atoms with Crippen molar-refractivity contribution in [1.29, 1.82) is 0 Å². The molecule has 1 aliphatic rings. The van der Waals surface area contributed by atoms with Crippen LogP contribution in [0.15, 0.2) is 18.2 Å². The number of hydrogen-bond donors (Lipinski definition) is 1. The van der Waals surface area contributed by atoms with Crippen molar-refractivity contribution < 1.29 is 4.39 Å². The SMILES string of the molecule is CC(C)c1cc(F)cc(CN2CCNCC2)c1. The lowest BCUT2D eigenvalue weighted by molar-refractivity contribution is 0.233. The van der Waals surface area contributed by atoms with Gasteiger partial charge in [-0.2, -0.15) is 0 Å². The second-order valence-corrected chi connectivity index (χ2v) is 5.07. The summed E-state index contributed by atoms with van der Waals surface area (Å²) in [6.45, 7) is 9.23. The summed E-state index contributed by atoms with van der Waals surface area (Å²) in [5, 5.41) is 3.33. The van der Waals surface area contributed by atoms with Gasteiger partial charge in [-0.3, -0.25) is 4.90 Å². The van der Waals surface area contributed by atoms with Gasteiger partial charge in [0.2, 0.25) is 0 Å². The van der Waals surface area contributed by atoms with E-state index in [9.17, 15) is 4.39 Å². The molecule has 1 aromatic carbocycles. The summed E-state index contributed by atoms with van der Waals surface area (Å²) in [5.74, 6) is 0.272. The van der Waals surface area contributed by atoms with Crippen LogP contribution in [0.4, 0.5) is 4.39 Å². The van der Waals surface area contributed by atoms with E-state index >= 15 is 0 Å². The first-order valence-electron chi connectivity index (χ1n) is 6.37. The van der Waals surface area contributed by atoms with E-state index < -0.39 is 0 Å². The van der Waals surface area contributed by atoms with Gasteiger partial charge in [0.25, 0.3) is 0 Å². The molecule has 94 valence electrons. The second-order valence-electron chi connectivity index (χ2n) is 5.07. The second kappa shape index (κ2) is 5.61. The highest BCUT2D eigenvalue weighted by Crippen LogP contribution is 2.19. The molecule has 0 aromatic heterocycles. The van der Waals surface area contributed by atoms with E-state index in [1.807, 2.05) is 0 Å². The summed E-state index contributed by atoms with van der Waals surface area (Å²) in [7, 11) is 0. The van der Waals surface area contributed by atoms with Gasteiger partial charge in [-0.05, 0) is 29.2 Å². The van der Waals surface area contributed by atoms with Gasteiger partial charge in [0.1, 0.15) is 5.82 Å². The molecule has 0 amide bonds. The van der Waals surface area contributed by atoms with Gasteiger partial charge in [0, 0.05) is 32.7 Å². The standard InChI is InChI=1S/C14H21FN2/c1-11(2)13-7-12(8-14(15)9-13)10-17-5-3-16-4-6-17/h7-9,11,16H,3-6,10H2,1-2H3. The monoisotopic (exact) mass is 236 g/mol. The molecule has 2 nitrogen and oxygen atoms in total. The summed E-state index contributed by atoms with van der Waals surface area (Å²) < 4.78 is 13.5. The highest BCUT2D eigenvalue weighted by atomic mass is 19.1. The third-order valence-corrected chi connectivity index (χ3v) is 3.26. The molecule has 0 spiro atoms. The van der Waals surface area contributed by atoms with Crippen molar-refractivity contribution in [2.45, 2.75) is 26.3 Å². The van der Waals surface area contributed by atoms with Crippen LogP contribution in [0.1, 0.15) is 30.9 Å². The fourth-order valence-electron chi connectivity index (χ4n) is 2.23. The third kappa shape index (κ3) is 3.51. The number of rotatable bonds is 3. The lowest BCUT2D eigenvalue weighted by Gasteiger charge is -2.27. The first-order chi connectivity index (χ1) is 8.15. The largest absolute Gasteiger partial charge is 0.314 e. The van der Waals surface area contributed by atoms with Gasteiger partial charge >= 0.3 is 0 Å². The number of halogens is 1. The minimum Gasteiger partial charge on any atom is -0.314 e. The average molecular weight is 236 g/mol. The average Bonchev–Trinajstić information content (AvgIpc) is 2.29. The number of nitrogens with zero attached hydrogens (tertiary/aromatic N) is 1. The topological polar surface area (TPSA) is 15.3 Å². The molecule has 1 saturated heterocycles. The van der Waals surface area contributed by atoms with Crippen LogP contribution in [0.2, 0.25) is 0 Å². The van der Waals surface area contributed by atoms with Gasteiger partial charge in [0.05, 0.1) is 0 Å². The van der Waals surface area contributed by atoms with Crippen molar-refractivity contribution in [3.63, 3.8) is 0 Å². The van der Waals surface area contributed by atoms with E-state index in [4.69, 9.17) is 0 Å². The Labute approximate surface area is 103 Å². The van der Waals surface area contributed by atoms with E-state index in [2.05, 4.69) is 30.1 Å². The fourth-order valence-corrected chi connectivity index (χ4v) is 2.23. The van der Waals surface area contributed by atoms with E-state index in [0.717, 1.165) is 43.9 Å². The highest BCUT2D eigenvalue weighted by Gasteiger charge is 2.11. The Morgan fingerprint density at radius 1 is 1.24 bits per heavy atom. The molecule has 1 aliphatic heterocycles. The lowest BCUT2D eigenvalue weighted by atomic mass is 10.0. The Bertz CT molecular complexity index is 370. The molecule has 1 heterocycles. The molecule has 0 radical (unpaired) electrons. The number of piperazine rings is 1. The van der Waals surface area contributed by atoms with Crippen molar-refractivity contribution in [2.75, 3.05) is 26.2 Å². The zero-order valence-electron chi connectivity index (χ0n) is 10.7. The van der Waals surface area contributed by atoms with Gasteiger partial charge in [-0.1, -0.05) is 19.9 Å². The number of nitrogens with one attached hydrogen (secondary N) is 1. The highest BCUT2D eigenvalue weighted by molar-refractivity contribution is 5.26. The van der Waals surface area contributed by atoms with Crippen LogP contribution in [0.5, 0.6) is 0 Å². The Kier molecular flexibility index (Phi) is 4.13. The predicted molar refractivity (Wildman–Crippen MR) is 68.6 cm³/mol. The molecule has 3 heteroatoms. The Morgan fingerprint density at radius 3 is 2.59 bits per heavy atom. The van der Waals surface area contributed by atoms with Gasteiger partial charge in [0.15, 0.2) is 0 Å². The van der Waals surface area contributed by atoms with E-state index in [1.165, 1.54) is 0 Å². The van der Waals surface area contributed by atoms with Crippen molar-refractivity contribution in [1.82, 2.24) is 10.2 Å². The zero-order chi connectivity index (χ0) is 12.3. The lowest BCUT2D eigenvalue weighted by Crippen LogP contribution is -2.42.